The van der Waals surface area contributed by atoms with E-state index in [1.807, 2.05) is 31.2 Å². The summed E-state index contributed by atoms with van der Waals surface area (Å²) in [6.45, 7) is 4.74. The standard InChI is InChI=1S/C18H24N4O2/c1-3-5-14-16-15(11-6-8-12(9-7-11)23-4-2)13(10-19)17(20)24-18(16)22-21-14/h6-9,14-16,18,21-22H,3-5,20H2,1-2H3. The first-order valence-electron chi connectivity index (χ1n) is 8.49. The molecule has 2 aliphatic heterocycles. The van der Waals surface area contributed by atoms with Crippen molar-refractivity contribution in [2.24, 2.45) is 11.7 Å². The summed E-state index contributed by atoms with van der Waals surface area (Å²) in [7, 11) is 0. The minimum Gasteiger partial charge on any atom is -0.494 e. The van der Waals surface area contributed by atoms with E-state index in [1.54, 1.807) is 0 Å². The van der Waals surface area contributed by atoms with Crippen molar-refractivity contribution in [3.8, 4) is 11.8 Å². The number of nitrogens with zero attached hydrogens (tertiary/aromatic N) is 1. The van der Waals surface area contributed by atoms with Gasteiger partial charge in [-0.15, -0.1) is 0 Å². The molecule has 0 aromatic heterocycles. The Bertz CT molecular complexity index is 650. The molecular weight excluding hydrogens is 304 g/mol. The Labute approximate surface area is 142 Å². The van der Waals surface area contributed by atoms with E-state index in [0.717, 1.165) is 24.2 Å². The third kappa shape index (κ3) is 2.93. The Hall–Kier alpha value is -2.23. The number of nitrogens with one attached hydrogen (secondary N) is 2. The van der Waals surface area contributed by atoms with Crippen LogP contribution in [0.5, 0.6) is 5.75 Å². The van der Waals surface area contributed by atoms with Crippen LogP contribution >= 0.6 is 0 Å². The van der Waals surface area contributed by atoms with E-state index in [1.165, 1.54) is 0 Å². The van der Waals surface area contributed by atoms with Crippen molar-refractivity contribution in [1.29, 1.82) is 5.26 Å². The fourth-order valence-corrected chi connectivity index (χ4v) is 3.68. The van der Waals surface area contributed by atoms with Crippen molar-refractivity contribution < 1.29 is 9.47 Å². The zero-order valence-electron chi connectivity index (χ0n) is 14.1. The number of rotatable bonds is 5. The first-order chi connectivity index (χ1) is 11.7. The zero-order chi connectivity index (χ0) is 17.1. The summed E-state index contributed by atoms with van der Waals surface area (Å²) < 4.78 is 11.3. The molecule has 1 fully saturated rings. The van der Waals surface area contributed by atoms with Gasteiger partial charge in [0.2, 0.25) is 5.88 Å². The van der Waals surface area contributed by atoms with Crippen molar-refractivity contribution >= 4 is 0 Å². The molecule has 0 amide bonds. The molecule has 0 aliphatic carbocycles. The molecule has 1 saturated heterocycles. The molecule has 0 saturated carbocycles. The van der Waals surface area contributed by atoms with Crippen LogP contribution in [0.4, 0.5) is 0 Å². The quantitative estimate of drug-likeness (QED) is 0.767. The van der Waals surface area contributed by atoms with Crippen molar-refractivity contribution in [2.75, 3.05) is 6.61 Å². The van der Waals surface area contributed by atoms with Gasteiger partial charge in [0, 0.05) is 17.9 Å². The van der Waals surface area contributed by atoms with Crippen molar-refractivity contribution in [2.45, 2.75) is 44.9 Å². The fourth-order valence-electron chi connectivity index (χ4n) is 3.68. The molecule has 3 rings (SSSR count). The Morgan fingerprint density at radius 2 is 2.00 bits per heavy atom. The van der Waals surface area contributed by atoms with Gasteiger partial charge in [0.1, 0.15) is 11.8 Å². The molecule has 0 bridgehead atoms. The largest absolute Gasteiger partial charge is 0.494 e. The highest BCUT2D eigenvalue weighted by atomic mass is 16.5. The molecule has 4 N–H and O–H groups in total. The summed E-state index contributed by atoms with van der Waals surface area (Å²) in [5.41, 5.74) is 14.1. The second kappa shape index (κ2) is 7.12. The molecule has 128 valence electrons. The predicted octanol–water partition coefficient (Wildman–Crippen LogP) is 2.11. The average Bonchev–Trinajstić information content (AvgIpc) is 2.97. The normalized spacial score (nSPS) is 28.9. The van der Waals surface area contributed by atoms with Gasteiger partial charge in [-0.1, -0.05) is 25.5 Å². The molecule has 6 heteroatoms. The van der Waals surface area contributed by atoms with Crippen LogP contribution in [0.2, 0.25) is 0 Å². The maximum Gasteiger partial charge on any atom is 0.200 e. The minimum atomic E-state index is -0.227. The number of hydrazine groups is 1. The van der Waals surface area contributed by atoms with Crippen LogP contribution in [0.1, 0.15) is 38.2 Å². The summed E-state index contributed by atoms with van der Waals surface area (Å²) in [4.78, 5) is 0. The predicted molar refractivity (Wildman–Crippen MR) is 90.5 cm³/mol. The Morgan fingerprint density at radius 3 is 2.62 bits per heavy atom. The van der Waals surface area contributed by atoms with E-state index < -0.39 is 0 Å². The number of nitrogens with two attached hydrogens (primary N) is 1. The first-order valence-corrected chi connectivity index (χ1v) is 8.49. The molecule has 4 unspecified atom stereocenters. The van der Waals surface area contributed by atoms with Gasteiger partial charge >= 0.3 is 0 Å². The number of benzene rings is 1. The molecule has 24 heavy (non-hydrogen) atoms. The molecule has 6 nitrogen and oxygen atoms in total. The lowest BCUT2D eigenvalue weighted by atomic mass is 9.75. The van der Waals surface area contributed by atoms with Crippen LogP contribution in [0.3, 0.4) is 0 Å². The van der Waals surface area contributed by atoms with Crippen LogP contribution in [-0.4, -0.2) is 18.9 Å². The van der Waals surface area contributed by atoms with Crippen LogP contribution in [0.25, 0.3) is 0 Å². The SMILES string of the molecule is CCCC1NNC2OC(N)=C(C#N)C(c3ccc(OCC)cc3)C12. The average molecular weight is 328 g/mol. The van der Waals surface area contributed by atoms with E-state index >= 15 is 0 Å². The first kappa shape index (κ1) is 16.6. The van der Waals surface area contributed by atoms with Crippen molar-refractivity contribution in [1.82, 2.24) is 10.9 Å². The number of hydrogen-bond acceptors (Lipinski definition) is 6. The Kier molecular flexibility index (Phi) is 4.93. The molecule has 0 radical (unpaired) electrons. The summed E-state index contributed by atoms with van der Waals surface area (Å²) in [5.74, 6) is 1.06. The summed E-state index contributed by atoms with van der Waals surface area (Å²) in [6, 6.07) is 10.4. The van der Waals surface area contributed by atoms with Gasteiger partial charge in [0.15, 0.2) is 6.23 Å². The van der Waals surface area contributed by atoms with Gasteiger partial charge in [0.05, 0.1) is 12.2 Å². The number of fused-ring (bicyclic) bond motifs is 1. The van der Waals surface area contributed by atoms with Gasteiger partial charge in [-0.25, -0.2) is 5.43 Å². The Morgan fingerprint density at radius 1 is 1.25 bits per heavy atom. The topological polar surface area (TPSA) is 92.3 Å². The highest BCUT2D eigenvalue weighted by molar-refractivity contribution is 5.43. The number of ether oxygens (including phenoxy) is 2. The molecule has 2 aliphatic rings. The highest BCUT2D eigenvalue weighted by Crippen LogP contribution is 2.43. The van der Waals surface area contributed by atoms with E-state index in [4.69, 9.17) is 15.2 Å². The molecule has 4 atom stereocenters. The van der Waals surface area contributed by atoms with Crippen LogP contribution in [0, 0.1) is 17.2 Å². The zero-order valence-corrected chi connectivity index (χ0v) is 14.1. The second-order valence-electron chi connectivity index (χ2n) is 6.17. The van der Waals surface area contributed by atoms with Gasteiger partial charge in [0.25, 0.3) is 0 Å². The smallest absolute Gasteiger partial charge is 0.200 e. The highest BCUT2D eigenvalue weighted by Gasteiger charge is 2.48. The minimum absolute atomic E-state index is 0.0940. The van der Waals surface area contributed by atoms with Gasteiger partial charge in [-0.3, -0.25) is 5.43 Å². The van der Waals surface area contributed by atoms with Crippen molar-refractivity contribution in [3.05, 3.63) is 41.3 Å². The fraction of sp³-hybridized carbons (Fsp3) is 0.500. The van der Waals surface area contributed by atoms with Crippen LogP contribution in [0.15, 0.2) is 35.7 Å². The number of hydrogen-bond donors (Lipinski definition) is 3. The number of nitriles is 1. The second-order valence-corrected chi connectivity index (χ2v) is 6.17. The molecule has 1 aromatic rings. The molecule has 1 aromatic carbocycles. The lowest BCUT2D eigenvalue weighted by Crippen LogP contribution is -2.41. The van der Waals surface area contributed by atoms with Crippen LogP contribution in [-0.2, 0) is 4.74 Å². The third-order valence-electron chi connectivity index (χ3n) is 4.71. The monoisotopic (exact) mass is 328 g/mol. The van der Waals surface area contributed by atoms with E-state index in [0.29, 0.717) is 12.2 Å². The molecule has 2 heterocycles. The van der Waals surface area contributed by atoms with Gasteiger partial charge in [-0.05, 0) is 31.0 Å². The summed E-state index contributed by atoms with van der Waals surface area (Å²) >= 11 is 0. The van der Waals surface area contributed by atoms with E-state index in [-0.39, 0.29) is 30.0 Å². The van der Waals surface area contributed by atoms with Gasteiger partial charge in [-0.2, -0.15) is 5.26 Å². The summed E-state index contributed by atoms with van der Waals surface area (Å²) in [6.07, 6.45) is 1.83. The number of allylic oxidation sites excluding steroid dienone is 1. The van der Waals surface area contributed by atoms with Crippen LogP contribution < -0.4 is 21.3 Å². The molecule has 0 spiro atoms. The molecular formula is C18H24N4O2. The van der Waals surface area contributed by atoms with Gasteiger partial charge < -0.3 is 15.2 Å². The van der Waals surface area contributed by atoms with E-state index in [2.05, 4.69) is 23.8 Å². The lowest BCUT2D eigenvalue weighted by molar-refractivity contribution is 0.0337. The Balaban J connectivity index is 1.98. The lowest BCUT2D eigenvalue weighted by Gasteiger charge is -2.35. The van der Waals surface area contributed by atoms with E-state index in [9.17, 15) is 5.26 Å². The van der Waals surface area contributed by atoms with Crippen molar-refractivity contribution in [3.63, 3.8) is 0 Å². The maximum atomic E-state index is 9.63. The maximum absolute atomic E-state index is 9.63. The third-order valence-corrected chi connectivity index (χ3v) is 4.71. The summed E-state index contributed by atoms with van der Waals surface area (Å²) in [5, 5.41) is 9.63.